The summed E-state index contributed by atoms with van der Waals surface area (Å²) in [4.78, 5) is 21.3. The van der Waals surface area contributed by atoms with Crippen LogP contribution in [0.1, 0.15) is 37.0 Å². The normalized spacial score (nSPS) is 16.4. The Labute approximate surface area is 139 Å². The Kier molecular flexibility index (Phi) is 5.96. The van der Waals surface area contributed by atoms with Gasteiger partial charge in [0.15, 0.2) is 0 Å². The Hall–Kier alpha value is -1.66. The molecule has 6 heteroatoms. The number of carbonyl (C=O) groups excluding carboxylic acids is 1. The monoisotopic (exact) mass is 319 g/mol. The first kappa shape index (κ1) is 17.7. The van der Waals surface area contributed by atoms with Gasteiger partial charge in [0.2, 0.25) is 0 Å². The fourth-order valence-corrected chi connectivity index (χ4v) is 2.63. The van der Waals surface area contributed by atoms with E-state index in [0.29, 0.717) is 12.1 Å². The van der Waals surface area contributed by atoms with Crippen molar-refractivity contribution >= 4 is 11.7 Å². The zero-order chi connectivity index (χ0) is 16.9. The molecule has 1 aliphatic heterocycles. The number of aromatic nitrogens is 1. The van der Waals surface area contributed by atoms with Crippen LogP contribution in [-0.4, -0.2) is 61.1 Å². The van der Waals surface area contributed by atoms with E-state index >= 15 is 0 Å². The molecule has 0 atom stereocenters. The van der Waals surface area contributed by atoms with Gasteiger partial charge in [-0.05, 0) is 32.0 Å². The SMILES string of the molecule is CCC(N)(CC)CNC(=O)c1ccnc(N2CCN(C)CC2)c1. The van der Waals surface area contributed by atoms with Gasteiger partial charge in [0.25, 0.3) is 5.91 Å². The van der Waals surface area contributed by atoms with Crippen LogP contribution in [0.15, 0.2) is 18.3 Å². The molecule has 0 unspecified atom stereocenters. The first-order chi connectivity index (χ1) is 11.0. The number of piperazine rings is 1. The van der Waals surface area contributed by atoms with Gasteiger partial charge in [-0.25, -0.2) is 4.98 Å². The van der Waals surface area contributed by atoms with E-state index in [1.807, 2.05) is 19.9 Å². The largest absolute Gasteiger partial charge is 0.354 e. The molecule has 0 aliphatic carbocycles. The number of hydrogen-bond acceptors (Lipinski definition) is 5. The summed E-state index contributed by atoms with van der Waals surface area (Å²) in [5.74, 6) is 0.787. The van der Waals surface area contributed by atoms with Gasteiger partial charge in [-0.15, -0.1) is 0 Å². The van der Waals surface area contributed by atoms with Crippen molar-refractivity contribution in [3.05, 3.63) is 23.9 Å². The van der Waals surface area contributed by atoms with Crippen LogP contribution in [0.4, 0.5) is 5.82 Å². The third-order valence-corrected chi connectivity index (χ3v) is 4.84. The van der Waals surface area contributed by atoms with Crippen molar-refractivity contribution in [2.45, 2.75) is 32.2 Å². The molecule has 1 aromatic heterocycles. The standard InChI is InChI=1S/C17H29N5O/c1-4-17(18,5-2)13-20-16(23)14-6-7-19-15(12-14)22-10-8-21(3)9-11-22/h6-7,12H,4-5,8-11,13,18H2,1-3H3,(H,20,23). The van der Waals surface area contributed by atoms with Gasteiger partial charge in [-0.1, -0.05) is 13.8 Å². The Balaban J connectivity index is 2.00. The number of amides is 1. The highest BCUT2D eigenvalue weighted by atomic mass is 16.1. The summed E-state index contributed by atoms with van der Waals surface area (Å²) in [6.45, 7) is 8.49. The average Bonchev–Trinajstić information content (AvgIpc) is 2.60. The second kappa shape index (κ2) is 7.75. The number of nitrogens with one attached hydrogen (secondary N) is 1. The lowest BCUT2D eigenvalue weighted by Crippen LogP contribution is -2.49. The molecule has 2 heterocycles. The smallest absolute Gasteiger partial charge is 0.251 e. The van der Waals surface area contributed by atoms with Crippen molar-refractivity contribution in [3.63, 3.8) is 0 Å². The van der Waals surface area contributed by atoms with E-state index in [1.165, 1.54) is 0 Å². The second-order valence-electron chi connectivity index (χ2n) is 6.45. The molecule has 3 N–H and O–H groups in total. The van der Waals surface area contributed by atoms with Crippen LogP contribution < -0.4 is 16.0 Å². The first-order valence-corrected chi connectivity index (χ1v) is 8.44. The lowest BCUT2D eigenvalue weighted by atomic mass is 9.94. The molecule has 1 saturated heterocycles. The molecule has 1 aliphatic rings. The molecule has 1 amide bonds. The van der Waals surface area contributed by atoms with Gasteiger partial charge in [0, 0.05) is 50.0 Å². The fourth-order valence-electron chi connectivity index (χ4n) is 2.63. The van der Waals surface area contributed by atoms with Crippen molar-refractivity contribution < 1.29 is 4.79 Å². The number of pyridine rings is 1. The van der Waals surface area contributed by atoms with E-state index in [0.717, 1.165) is 44.8 Å². The Morgan fingerprint density at radius 1 is 1.30 bits per heavy atom. The van der Waals surface area contributed by atoms with Crippen LogP contribution >= 0.6 is 0 Å². The van der Waals surface area contributed by atoms with Crippen LogP contribution in [0.25, 0.3) is 0 Å². The predicted molar refractivity (Wildman–Crippen MR) is 93.8 cm³/mol. The van der Waals surface area contributed by atoms with Crippen molar-refractivity contribution in [2.24, 2.45) is 5.73 Å². The summed E-state index contributed by atoms with van der Waals surface area (Å²) in [5, 5.41) is 2.96. The van der Waals surface area contributed by atoms with Crippen molar-refractivity contribution in [1.29, 1.82) is 0 Å². The topological polar surface area (TPSA) is 74.5 Å². The number of nitrogens with two attached hydrogens (primary N) is 1. The van der Waals surface area contributed by atoms with E-state index in [4.69, 9.17) is 5.73 Å². The van der Waals surface area contributed by atoms with E-state index in [1.54, 1.807) is 12.3 Å². The number of hydrogen-bond donors (Lipinski definition) is 2. The van der Waals surface area contributed by atoms with E-state index < -0.39 is 0 Å². The number of rotatable bonds is 6. The maximum atomic E-state index is 12.4. The van der Waals surface area contributed by atoms with E-state index in [2.05, 4.69) is 27.1 Å². The lowest BCUT2D eigenvalue weighted by molar-refractivity contribution is 0.0942. The molecule has 1 aromatic rings. The molecule has 0 spiro atoms. The summed E-state index contributed by atoms with van der Waals surface area (Å²) < 4.78 is 0. The summed E-state index contributed by atoms with van der Waals surface area (Å²) in [5.41, 5.74) is 6.55. The molecule has 0 aromatic carbocycles. The maximum absolute atomic E-state index is 12.4. The zero-order valence-corrected chi connectivity index (χ0v) is 14.5. The van der Waals surface area contributed by atoms with Gasteiger partial charge in [-0.3, -0.25) is 4.79 Å². The molecule has 0 saturated carbocycles. The Bertz CT molecular complexity index is 521. The lowest BCUT2D eigenvalue weighted by Gasteiger charge is -2.33. The molecule has 0 bridgehead atoms. The number of anilines is 1. The van der Waals surface area contributed by atoms with Crippen molar-refractivity contribution in [1.82, 2.24) is 15.2 Å². The van der Waals surface area contributed by atoms with Gasteiger partial charge in [0.1, 0.15) is 5.82 Å². The predicted octanol–water partition coefficient (Wildman–Crippen LogP) is 1.08. The summed E-state index contributed by atoms with van der Waals surface area (Å²) in [7, 11) is 2.12. The minimum atomic E-state index is -0.330. The fraction of sp³-hybridized carbons (Fsp3) is 0.647. The van der Waals surface area contributed by atoms with E-state index in [-0.39, 0.29) is 11.4 Å². The van der Waals surface area contributed by atoms with Gasteiger partial charge >= 0.3 is 0 Å². The maximum Gasteiger partial charge on any atom is 0.251 e. The van der Waals surface area contributed by atoms with E-state index in [9.17, 15) is 4.79 Å². The second-order valence-corrected chi connectivity index (χ2v) is 6.45. The zero-order valence-electron chi connectivity index (χ0n) is 14.5. The highest BCUT2D eigenvalue weighted by Gasteiger charge is 2.22. The number of carbonyl (C=O) groups is 1. The first-order valence-electron chi connectivity index (χ1n) is 8.44. The van der Waals surface area contributed by atoms with Crippen LogP contribution in [-0.2, 0) is 0 Å². The molecule has 6 nitrogen and oxygen atoms in total. The van der Waals surface area contributed by atoms with Crippen LogP contribution in [0, 0.1) is 0 Å². The van der Waals surface area contributed by atoms with Gasteiger partial charge in [0.05, 0.1) is 0 Å². The van der Waals surface area contributed by atoms with Gasteiger partial charge in [-0.2, -0.15) is 0 Å². The van der Waals surface area contributed by atoms with Crippen molar-refractivity contribution in [2.75, 3.05) is 44.7 Å². The highest BCUT2D eigenvalue weighted by Crippen LogP contribution is 2.15. The minimum absolute atomic E-state index is 0.0838. The number of nitrogens with zero attached hydrogens (tertiary/aromatic N) is 3. The van der Waals surface area contributed by atoms with Crippen LogP contribution in [0.5, 0.6) is 0 Å². The minimum Gasteiger partial charge on any atom is -0.354 e. The molecule has 0 radical (unpaired) electrons. The Morgan fingerprint density at radius 2 is 1.96 bits per heavy atom. The molecular weight excluding hydrogens is 290 g/mol. The molecule has 2 rings (SSSR count). The third kappa shape index (κ3) is 4.65. The molecule has 23 heavy (non-hydrogen) atoms. The molecular formula is C17H29N5O. The summed E-state index contributed by atoms with van der Waals surface area (Å²) in [6, 6.07) is 3.63. The third-order valence-electron chi connectivity index (χ3n) is 4.84. The van der Waals surface area contributed by atoms with Crippen LogP contribution in [0.3, 0.4) is 0 Å². The van der Waals surface area contributed by atoms with Crippen molar-refractivity contribution in [3.8, 4) is 0 Å². The van der Waals surface area contributed by atoms with Crippen LogP contribution in [0.2, 0.25) is 0 Å². The Morgan fingerprint density at radius 3 is 2.57 bits per heavy atom. The number of likely N-dealkylation sites (N-methyl/N-ethyl adjacent to an activating group) is 1. The highest BCUT2D eigenvalue weighted by molar-refractivity contribution is 5.94. The quantitative estimate of drug-likeness (QED) is 0.821. The summed E-state index contributed by atoms with van der Waals surface area (Å²) in [6.07, 6.45) is 3.39. The van der Waals surface area contributed by atoms with Gasteiger partial charge < -0.3 is 20.9 Å². The average molecular weight is 319 g/mol. The molecule has 128 valence electrons. The molecule has 1 fully saturated rings. The summed E-state index contributed by atoms with van der Waals surface area (Å²) >= 11 is 0.